The van der Waals surface area contributed by atoms with Gasteiger partial charge in [-0.3, -0.25) is 14.2 Å². The number of likely N-dealkylation sites (tertiary alicyclic amines) is 1. The number of nitrogens with zero attached hydrogens (tertiary/aromatic N) is 5. The Morgan fingerprint density at radius 2 is 1.43 bits per heavy atom. The van der Waals surface area contributed by atoms with Gasteiger partial charge in [-0.2, -0.15) is 4.39 Å². The molecule has 0 radical (unpaired) electrons. The van der Waals surface area contributed by atoms with E-state index < -0.39 is 41.6 Å². The van der Waals surface area contributed by atoms with Gasteiger partial charge in [0.15, 0.2) is 5.82 Å². The predicted molar refractivity (Wildman–Crippen MR) is 199 cm³/mol. The largest absolute Gasteiger partial charge is 0.342 e. The highest BCUT2D eigenvalue weighted by Gasteiger charge is 2.41. The summed E-state index contributed by atoms with van der Waals surface area (Å²) in [5, 5.41) is 12.1. The number of alkyl halides is 1. The molecular weight excluding hydrogens is 671 g/mol. The molecule has 3 atom stereocenters. The first-order valence-electron chi connectivity index (χ1n) is 17.7. The lowest BCUT2D eigenvalue weighted by Crippen LogP contribution is -2.46. The third kappa shape index (κ3) is 6.72. The van der Waals surface area contributed by atoms with Crippen molar-refractivity contribution in [1.82, 2.24) is 30.0 Å². The molecule has 1 aliphatic heterocycles. The molecule has 6 aromatic rings. The molecule has 0 saturated carbocycles. The molecule has 1 fully saturated rings. The summed E-state index contributed by atoms with van der Waals surface area (Å²) in [4.78, 5) is 31.8. The fourth-order valence-electron chi connectivity index (χ4n) is 7.49. The van der Waals surface area contributed by atoms with Crippen LogP contribution in [-0.4, -0.2) is 55.2 Å². The summed E-state index contributed by atoms with van der Waals surface area (Å²) in [6.07, 6.45) is 0.262. The molecular formula is C43H40F2N6O2. The molecule has 7 rings (SSSR count). The van der Waals surface area contributed by atoms with E-state index in [1.54, 1.807) is 18.5 Å². The van der Waals surface area contributed by atoms with Crippen molar-refractivity contribution in [2.45, 2.75) is 56.9 Å². The molecule has 2 aromatic heterocycles. The van der Waals surface area contributed by atoms with Gasteiger partial charge in [-0.15, -0.1) is 10.2 Å². The van der Waals surface area contributed by atoms with Crippen LogP contribution in [0.15, 0.2) is 134 Å². The standard InChI is InChI=1S/C43H40F2N6O2/c1-28(2)36-22-23-37(47-40(36)45)39(48-42(53)38-25-35(44)26-50(38)29(3)52)30-14-13-15-31(24-30)41-49-46-27-51(41)43(32-16-7-4-8-17-32,33-18-9-5-10-19-33)34-20-11-6-12-21-34/h4-24,27-28,35,38-39H,25-26H2,1-3H3,(H,48,53)/t35-,38+,39?/m1/s1. The molecule has 1 unspecified atom stereocenters. The Labute approximate surface area is 307 Å². The van der Waals surface area contributed by atoms with Crippen LogP contribution >= 0.6 is 0 Å². The zero-order valence-corrected chi connectivity index (χ0v) is 29.7. The molecule has 2 amide bonds. The number of hydrogen-bond acceptors (Lipinski definition) is 5. The molecule has 8 nitrogen and oxygen atoms in total. The van der Waals surface area contributed by atoms with Gasteiger partial charge in [0.25, 0.3) is 0 Å². The van der Waals surface area contributed by atoms with Crippen LogP contribution in [-0.2, 0) is 15.1 Å². The Kier molecular flexibility index (Phi) is 9.95. The number of amides is 2. The predicted octanol–water partition coefficient (Wildman–Crippen LogP) is 7.61. The first-order chi connectivity index (χ1) is 25.7. The SMILES string of the molecule is CC(=O)N1C[C@H](F)C[C@H]1C(=O)NC(c1cccc(-c2nncn2C(c2ccccc2)(c2ccccc2)c2ccccc2)c1)c1ccc(C(C)C)c(F)n1. The number of nitrogens with one attached hydrogen (secondary N) is 1. The zero-order chi connectivity index (χ0) is 37.1. The summed E-state index contributed by atoms with van der Waals surface area (Å²) in [6.45, 7) is 4.91. The van der Waals surface area contributed by atoms with Gasteiger partial charge in [0.1, 0.15) is 24.1 Å². The van der Waals surface area contributed by atoms with Crippen LogP contribution in [0.25, 0.3) is 11.4 Å². The van der Waals surface area contributed by atoms with E-state index in [0.717, 1.165) is 16.7 Å². The number of rotatable bonds is 10. The highest BCUT2D eigenvalue weighted by molar-refractivity contribution is 5.88. The average Bonchev–Trinajstić information content (AvgIpc) is 3.83. The molecule has 0 spiro atoms. The van der Waals surface area contributed by atoms with Crippen LogP contribution in [0, 0.1) is 5.95 Å². The summed E-state index contributed by atoms with van der Waals surface area (Å²) in [6, 6.07) is 39.4. The van der Waals surface area contributed by atoms with Gasteiger partial charge < -0.3 is 10.2 Å². The van der Waals surface area contributed by atoms with Crippen molar-refractivity contribution in [3.05, 3.63) is 173 Å². The molecule has 0 aliphatic carbocycles. The average molecular weight is 711 g/mol. The van der Waals surface area contributed by atoms with E-state index in [1.807, 2.05) is 92.7 Å². The quantitative estimate of drug-likeness (QED) is 0.117. The second-order valence-corrected chi connectivity index (χ2v) is 13.7. The molecule has 4 aromatic carbocycles. The van der Waals surface area contributed by atoms with E-state index in [4.69, 9.17) is 0 Å². The Morgan fingerprint density at radius 3 is 1.98 bits per heavy atom. The third-order valence-electron chi connectivity index (χ3n) is 10.0. The zero-order valence-electron chi connectivity index (χ0n) is 29.7. The van der Waals surface area contributed by atoms with Crippen LogP contribution in [0.5, 0.6) is 0 Å². The number of hydrogen-bond donors (Lipinski definition) is 1. The van der Waals surface area contributed by atoms with Crippen molar-refractivity contribution in [2.75, 3.05) is 6.54 Å². The first kappa shape index (κ1) is 35.4. The number of halogens is 2. The lowest BCUT2D eigenvalue weighted by atomic mass is 9.76. The van der Waals surface area contributed by atoms with Crippen molar-refractivity contribution < 1.29 is 18.4 Å². The summed E-state index contributed by atoms with van der Waals surface area (Å²) >= 11 is 0. The van der Waals surface area contributed by atoms with Gasteiger partial charge in [0, 0.05) is 24.5 Å². The Bertz CT molecular complexity index is 2110. The first-order valence-corrected chi connectivity index (χ1v) is 17.7. The van der Waals surface area contributed by atoms with E-state index in [9.17, 15) is 14.0 Å². The monoisotopic (exact) mass is 710 g/mol. The molecule has 1 saturated heterocycles. The topological polar surface area (TPSA) is 93.0 Å². The summed E-state index contributed by atoms with van der Waals surface area (Å²) in [7, 11) is 0. The lowest BCUT2D eigenvalue weighted by molar-refractivity contribution is -0.137. The molecule has 3 heterocycles. The van der Waals surface area contributed by atoms with Crippen LogP contribution < -0.4 is 5.32 Å². The maximum atomic E-state index is 15.5. The maximum absolute atomic E-state index is 15.5. The Hall–Kier alpha value is -6.03. The van der Waals surface area contributed by atoms with Crippen LogP contribution in [0.2, 0.25) is 0 Å². The van der Waals surface area contributed by atoms with Crippen molar-refractivity contribution in [1.29, 1.82) is 0 Å². The number of aromatic nitrogens is 4. The smallest absolute Gasteiger partial charge is 0.243 e. The van der Waals surface area contributed by atoms with Crippen LogP contribution in [0.3, 0.4) is 0 Å². The van der Waals surface area contributed by atoms with E-state index >= 15 is 4.39 Å². The van der Waals surface area contributed by atoms with Crippen molar-refractivity contribution in [3.63, 3.8) is 0 Å². The molecule has 1 N–H and O–H groups in total. The van der Waals surface area contributed by atoms with E-state index in [0.29, 0.717) is 22.5 Å². The maximum Gasteiger partial charge on any atom is 0.243 e. The number of benzene rings is 4. The second kappa shape index (κ2) is 14.9. The van der Waals surface area contributed by atoms with Crippen molar-refractivity contribution in [3.8, 4) is 11.4 Å². The van der Waals surface area contributed by atoms with Crippen LogP contribution in [0.1, 0.15) is 72.7 Å². The highest BCUT2D eigenvalue weighted by Crippen LogP contribution is 2.43. The highest BCUT2D eigenvalue weighted by atomic mass is 19.1. The number of pyridine rings is 1. The van der Waals surface area contributed by atoms with E-state index in [1.165, 1.54) is 11.8 Å². The van der Waals surface area contributed by atoms with Gasteiger partial charge in [-0.25, -0.2) is 9.37 Å². The van der Waals surface area contributed by atoms with Gasteiger partial charge >= 0.3 is 0 Å². The van der Waals surface area contributed by atoms with E-state index in [-0.39, 0.29) is 24.6 Å². The fraction of sp³-hybridized carbons (Fsp3) is 0.233. The summed E-state index contributed by atoms with van der Waals surface area (Å²) < 4.78 is 32.1. The molecule has 10 heteroatoms. The fourth-order valence-corrected chi connectivity index (χ4v) is 7.49. The van der Waals surface area contributed by atoms with Crippen molar-refractivity contribution >= 4 is 11.8 Å². The summed E-state index contributed by atoms with van der Waals surface area (Å²) in [5.74, 6) is -1.15. The Balaban J connectivity index is 1.38. The van der Waals surface area contributed by atoms with Gasteiger partial charge in [0.2, 0.25) is 17.8 Å². The van der Waals surface area contributed by atoms with Gasteiger partial charge in [0.05, 0.1) is 18.3 Å². The van der Waals surface area contributed by atoms with Crippen LogP contribution in [0.4, 0.5) is 8.78 Å². The van der Waals surface area contributed by atoms with Crippen molar-refractivity contribution in [2.24, 2.45) is 0 Å². The minimum absolute atomic E-state index is 0.109. The Morgan fingerprint density at radius 1 is 0.830 bits per heavy atom. The number of carbonyl (C=O) groups is 2. The van der Waals surface area contributed by atoms with E-state index in [2.05, 4.69) is 61.5 Å². The molecule has 53 heavy (non-hydrogen) atoms. The van der Waals surface area contributed by atoms with Gasteiger partial charge in [-0.1, -0.05) is 129 Å². The minimum Gasteiger partial charge on any atom is -0.342 e. The lowest BCUT2D eigenvalue weighted by Gasteiger charge is -2.38. The van der Waals surface area contributed by atoms with Gasteiger partial charge in [-0.05, 0) is 40.3 Å². The second-order valence-electron chi connectivity index (χ2n) is 13.7. The minimum atomic E-state index is -1.33. The third-order valence-corrected chi connectivity index (χ3v) is 10.0. The molecule has 268 valence electrons. The number of carbonyl (C=O) groups excluding carboxylic acids is 2. The normalized spacial score (nSPS) is 16.5. The summed E-state index contributed by atoms with van der Waals surface area (Å²) in [5.41, 5.74) is 4.04. The molecule has 1 aliphatic rings. The molecule has 0 bridgehead atoms.